The second kappa shape index (κ2) is 4.79. The Hall–Kier alpha value is -1.49. The third kappa shape index (κ3) is 2.02. The van der Waals surface area contributed by atoms with Crippen molar-refractivity contribution >= 4 is 23.4 Å². The summed E-state index contributed by atoms with van der Waals surface area (Å²) in [4.78, 5) is 15.4. The molecule has 2 aromatic rings. The van der Waals surface area contributed by atoms with Crippen LogP contribution >= 0.6 is 11.8 Å². The van der Waals surface area contributed by atoms with Crippen molar-refractivity contribution in [3.8, 4) is 0 Å². The van der Waals surface area contributed by atoms with Crippen molar-refractivity contribution in [2.45, 2.75) is 25.3 Å². The van der Waals surface area contributed by atoms with Gasteiger partial charge in [0, 0.05) is 5.69 Å². The van der Waals surface area contributed by atoms with Crippen LogP contribution in [0.5, 0.6) is 0 Å². The van der Waals surface area contributed by atoms with Crippen LogP contribution in [0.3, 0.4) is 0 Å². The van der Waals surface area contributed by atoms with Gasteiger partial charge in [0.1, 0.15) is 10.7 Å². The quantitative estimate of drug-likeness (QED) is 0.848. The predicted octanol–water partition coefficient (Wildman–Crippen LogP) is 2.71. The molecule has 0 amide bonds. The number of carboxylic acid groups (broad SMARTS) is 1. The maximum atomic E-state index is 11.2. The maximum Gasteiger partial charge on any atom is 0.357 e. The average Bonchev–Trinajstić information content (AvgIpc) is 2.69. The van der Waals surface area contributed by atoms with E-state index < -0.39 is 5.97 Å². The summed E-state index contributed by atoms with van der Waals surface area (Å²) in [5.41, 5.74) is 1.94. The Morgan fingerprint density at radius 2 is 2.24 bits per heavy atom. The molecular weight excluding hydrogens is 236 g/mol. The zero-order valence-electron chi connectivity index (χ0n) is 9.80. The van der Waals surface area contributed by atoms with Crippen molar-refractivity contribution in [2.75, 3.05) is 5.75 Å². The highest BCUT2D eigenvalue weighted by Crippen LogP contribution is 2.26. The van der Waals surface area contributed by atoms with Gasteiger partial charge in [-0.2, -0.15) is 0 Å². The summed E-state index contributed by atoms with van der Waals surface area (Å²) in [5, 5.41) is 9.90. The lowest BCUT2D eigenvalue weighted by atomic mass is 10.3. The van der Waals surface area contributed by atoms with Crippen molar-refractivity contribution in [3.05, 3.63) is 29.6 Å². The summed E-state index contributed by atoms with van der Waals surface area (Å²) >= 11 is 1.52. The summed E-state index contributed by atoms with van der Waals surface area (Å²) in [6.45, 7) is 4.06. The van der Waals surface area contributed by atoms with E-state index in [0.717, 1.165) is 22.9 Å². The van der Waals surface area contributed by atoms with Gasteiger partial charge in [-0.25, -0.2) is 9.78 Å². The van der Waals surface area contributed by atoms with Crippen LogP contribution < -0.4 is 0 Å². The van der Waals surface area contributed by atoms with Gasteiger partial charge in [-0.15, -0.1) is 11.8 Å². The summed E-state index contributed by atoms with van der Waals surface area (Å²) in [7, 11) is 0. The number of nitrogens with zero attached hydrogens (tertiary/aromatic N) is 2. The minimum absolute atomic E-state index is 0.151. The number of thioether (sulfide) groups is 1. The molecule has 0 unspecified atom stereocenters. The first-order valence-electron chi connectivity index (χ1n) is 5.55. The van der Waals surface area contributed by atoms with Gasteiger partial charge in [-0.3, -0.25) is 4.40 Å². The van der Waals surface area contributed by atoms with Crippen LogP contribution in [-0.2, 0) is 6.42 Å². The fourth-order valence-corrected chi connectivity index (χ4v) is 2.70. The molecule has 0 aliphatic heterocycles. The van der Waals surface area contributed by atoms with E-state index in [0.29, 0.717) is 5.65 Å². The molecule has 17 heavy (non-hydrogen) atoms. The number of carbonyl (C=O) groups is 1. The van der Waals surface area contributed by atoms with Crippen molar-refractivity contribution in [3.63, 3.8) is 0 Å². The van der Waals surface area contributed by atoms with E-state index in [9.17, 15) is 4.79 Å². The largest absolute Gasteiger partial charge is 0.476 e. The first-order valence-corrected chi connectivity index (χ1v) is 6.54. The smallest absolute Gasteiger partial charge is 0.357 e. The molecule has 2 rings (SSSR count). The number of imidazole rings is 1. The third-order valence-corrected chi connectivity index (χ3v) is 3.47. The van der Waals surface area contributed by atoms with Crippen LogP contribution in [0.1, 0.15) is 30.0 Å². The van der Waals surface area contributed by atoms with Crippen molar-refractivity contribution in [1.82, 2.24) is 9.38 Å². The number of rotatable bonds is 4. The first kappa shape index (κ1) is 12.0. The standard InChI is InChI=1S/C12H14N2O2S/c1-3-8-6-5-7-9-13-10(12(15)16)11(14(8)9)17-4-2/h5-7H,3-4H2,1-2H3,(H,15,16). The number of aromatic nitrogens is 2. The highest BCUT2D eigenvalue weighted by molar-refractivity contribution is 7.99. The normalized spacial score (nSPS) is 10.9. The molecule has 0 aliphatic rings. The van der Waals surface area contributed by atoms with Gasteiger partial charge in [-0.1, -0.05) is 19.9 Å². The van der Waals surface area contributed by atoms with Crippen LogP contribution in [0.4, 0.5) is 0 Å². The molecule has 90 valence electrons. The molecule has 0 radical (unpaired) electrons. The molecule has 2 aromatic heterocycles. The second-order valence-electron chi connectivity index (χ2n) is 3.57. The van der Waals surface area contributed by atoms with Crippen LogP contribution in [0.2, 0.25) is 0 Å². The second-order valence-corrected chi connectivity index (χ2v) is 4.82. The number of carboxylic acids is 1. The Kier molecular flexibility index (Phi) is 3.38. The van der Waals surface area contributed by atoms with Gasteiger partial charge >= 0.3 is 5.97 Å². The van der Waals surface area contributed by atoms with E-state index in [4.69, 9.17) is 5.11 Å². The Bertz CT molecular complexity index is 563. The number of fused-ring (bicyclic) bond motifs is 1. The topological polar surface area (TPSA) is 54.6 Å². The minimum atomic E-state index is -0.966. The molecule has 0 aliphatic carbocycles. The number of hydrogen-bond acceptors (Lipinski definition) is 3. The molecule has 0 bridgehead atoms. The fraction of sp³-hybridized carbons (Fsp3) is 0.333. The molecule has 5 heteroatoms. The highest BCUT2D eigenvalue weighted by atomic mass is 32.2. The lowest BCUT2D eigenvalue weighted by Gasteiger charge is -2.06. The van der Waals surface area contributed by atoms with Crippen LogP contribution in [0, 0.1) is 0 Å². The number of aryl methyl sites for hydroxylation is 1. The Labute approximate surface area is 104 Å². The zero-order valence-corrected chi connectivity index (χ0v) is 10.6. The fourth-order valence-electron chi connectivity index (χ4n) is 1.82. The average molecular weight is 250 g/mol. The van der Waals surface area contributed by atoms with E-state index >= 15 is 0 Å². The van der Waals surface area contributed by atoms with Crippen LogP contribution in [0.25, 0.3) is 5.65 Å². The summed E-state index contributed by atoms with van der Waals surface area (Å²) in [6, 6.07) is 5.75. The van der Waals surface area contributed by atoms with Gasteiger partial charge in [0.15, 0.2) is 5.69 Å². The van der Waals surface area contributed by atoms with E-state index in [1.807, 2.05) is 29.5 Å². The minimum Gasteiger partial charge on any atom is -0.476 e. The lowest BCUT2D eigenvalue weighted by molar-refractivity contribution is 0.0687. The molecule has 0 atom stereocenters. The monoisotopic (exact) mass is 250 g/mol. The van der Waals surface area contributed by atoms with E-state index in [-0.39, 0.29) is 5.69 Å². The molecule has 1 N–H and O–H groups in total. The van der Waals surface area contributed by atoms with Gasteiger partial charge in [0.25, 0.3) is 0 Å². The summed E-state index contributed by atoms with van der Waals surface area (Å²) < 4.78 is 1.94. The Balaban J connectivity index is 2.76. The maximum absolute atomic E-state index is 11.2. The highest BCUT2D eigenvalue weighted by Gasteiger charge is 2.19. The molecular formula is C12H14N2O2S. The Morgan fingerprint density at radius 1 is 1.47 bits per heavy atom. The lowest BCUT2D eigenvalue weighted by Crippen LogP contribution is -2.01. The van der Waals surface area contributed by atoms with Crippen molar-refractivity contribution in [1.29, 1.82) is 0 Å². The molecule has 2 heterocycles. The molecule has 0 aromatic carbocycles. The predicted molar refractivity (Wildman–Crippen MR) is 67.9 cm³/mol. The molecule has 0 spiro atoms. The van der Waals surface area contributed by atoms with Gasteiger partial charge in [0.05, 0.1) is 0 Å². The molecule has 0 fully saturated rings. The van der Waals surface area contributed by atoms with E-state index in [1.54, 1.807) is 0 Å². The Morgan fingerprint density at radius 3 is 2.82 bits per heavy atom. The number of pyridine rings is 1. The molecule has 0 saturated heterocycles. The summed E-state index contributed by atoms with van der Waals surface area (Å²) in [6.07, 6.45) is 0.851. The van der Waals surface area contributed by atoms with E-state index in [2.05, 4.69) is 11.9 Å². The number of aromatic carboxylic acids is 1. The van der Waals surface area contributed by atoms with Crippen molar-refractivity contribution in [2.24, 2.45) is 0 Å². The van der Waals surface area contributed by atoms with Gasteiger partial charge < -0.3 is 5.11 Å². The zero-order chi connectivity index (χ0) is 12.4. The van der Waals surface area contributed by atoms with Gasteiger partial charge in [0.2, 0.25) is 0 Å². The first-order chi connectivity index (χ1) is 8.19. The third-order valence-electron chi connectivity index (χ3n) is 2.53. The van der Waals surface area contributed by atoms with Crippen LogP contribution in [0.15, 0.2) is 23.2 Å². The summed E-state index contributed by atoms with van der Waals surface area (Å²) in [5.74, 6) is -0.140. The molecule has 4 nitrogen and oxygen atoms in total. The SMILES string of the molecule is CCSc1c(C(=O)O)nc2cccc(CC)n12. The molecule has 0 saturated carbocycles. The number of hydrogen-bond donors (Lipinski definition) is 1. The van der Waals surface area contributed by atoms with E-state index in [1.165, 1.54) is 11.8 Å². The van der Waals surface area contributed by atoms with Crippen molar-refractivity contribution < 1.29 is 9.90 Å². The van der Waals surface area contributed by atoms with Gasteiger partial charge in [-0.05, 0) is 24.3 Å². The van der Waals surface area contributed by atoms with Crippen LogP contribution in [-0.4, -0.2) is 26.2 Å².